The molecule has 2 heterocycles. The predicted molar refractivity (Wildman–Crippen MR) is 105 cm³/mol. The average molecular weight is 345 g/mol. The molecule has 0 aliphatic carbocycles. The summed E-state index contributed by atoms with van der Waals surface area (Å²) in [5.74, 6) is 0.627. The Morgan fingerprint density at radius 3 is 2.42 bits per heavy atom. The number of aryl methyl sites for hydroxylation is 2. The van der Waals surface area contributed by atoms with Crippen LogP contribution in [0.25, 0.3) is 11.1 Å². The minimum absolute atomic E-state index is 0.111. The molecule has 0 saturated carbocycles. The molecule has 2 N–H and O–H groups in total. The molecule has 2 aromatic rings. The first kappa shape index (κ1) is 16.6. The monoisotopic (exact) mass is 345 g/mol. The molecule has 2 aliphatic heterocycles. The Hall–Kier alpha value is -2.88. The molecule has 26 heavy (non-hydrogen) atoms. The number of carbonyl (C=O) groups is 1. The van der Waals surface area contributed by atoms with Crippen LogP contribution in [0.1, 0.15) is 23.1 Å². The minimum atomic E-state index is -0.230. The molecule has 0 saturated heterocycles. The molecule has 0 aromatic heterocycles. The van der Waals surface area contributed by atoms with Gasteiger partial charge in [0.1, 0.15) is 5.82 Å². The van der Waals surface area contributed by atoms with Gasteiger partial charge in [-0.15, -0.1) is 0 Å². The van der Waals surface area contributed by atoms with Crippen molar-refractivity contribution in [2.45, 2.75) is 20.3 Å². The molecule has 1 amide bonds. The Morgan fingerprint density at radius 2 is 1.73 bits per heavy atom. The Morgan fingerprint density at radius 1 is 1.04 bits per heavy atom. The van der Waals surface area contributed by atoms with Crippen molar-refractivity contribution >= 4 is 11.6 Å². The number of fused-ring (bicyclic) bond motifs is 1. The number of benzene rings is 2. The zero-order valence-corrected chi connectivity index (χ0v) is 15.2. The summed E-state index contributed by atoms with van der Waals surface area (Å²) in [5.41, 5.74) is 12.7. The summed E-state index contributed by atoms with van der Waals surface area (Å²) in [6.07, 6.45) is 2.71. The van der Waals surface area contributed by atoms with Crippen LogP contribution in [0.3, 0.4) is 0 Å². The third-order valence-corrected chi connectivity index (χ3v) is 5.40. The first-order valence-corrected chi connectivity index (χ1v) is 9.01. The zero-order chi connectivity index (χ0) is 18.3. The maximum absolute atomic E-state index is 11.4. The molecule has 0 spiro atoms. The van der Waals surface area contributed by atoms with Gasteiger partial charge >= 0.3 is 0 Å². The molecule has 2 aromatic carbocycles. The van der Waals surface area contributed by atoms with E-state index in [1.54, 1.807) is 0 Å². The number of hydrogen-bond donors (Lipinski definition) is 1. The molecule has 0 radical (unpaired) electrons. The zero-order valence-electron chi connectivity index (χ0n) is 15.2. The molecule has 0 bridgehead atoms. The van der Waals surface area contributed by atoms with E-state index >= 15 is 0 Å². The highest BCUT2D eigenvalue weighted by molar-refractivity contribution is 6.04. The Kier molecular flexibility index (Phi) is 4.11. The van der Waals surface area contributed by atoms with Gasteiger partial charge in [0.2, 0.25) is 5.91 Å². The van der Waals surface area contributed by atoms with Crippen molar-refractivity contribution in [1.29, 1.82) is 0 Å². The highest BCUT2D eigenvalue weighted by atomic mass is 16.1. The van der Waals surface area contributed by atoms with Crippen molar-refractivity contribution in [2.24, 2.45) is 16.6 Å². The van der Waals surface area contributed by atoms with E-state index in [-0.39, 0.29) is 11.8 Å². The molecule has 2 aliphatic rings. The third-order valence-electron chi connectivity index (χ3n) is 5.40. The second kappa shape index (κ2) is 6.45. The fourth-order valence-electron chi connectivity index (χ4n) is 3.57. The SMILES string of the molecule is Cc1ccc(-c2ccc(C3=NC4=CCC(C(N)=O)CN4C3)cc2)cc1C. The number of aliphatic imine (C=N–C) groups is 1. The number of amides is 1. The van der Waals surface area contributed by atoms with Crippen molar-refractivity contribution < 1.29 is 4.79 Å². The van der Waals surface area contributed by atoms with Crippen molar-refractivity contribution in [3.05, 3.63) is 71.1 Å². The van der Waals surface area contributed by atoms with Gasteiger partial charge in [-0.25, -0.2) is 4.99 Å². The van der Waals surface area contributed by atoms with Gasteiger partial charge in [0.15, 0.2) is 0 Å². The van der Waals surface area contributed by atoms with Gasteiger partial charge in [-0.1, -0.05) is 42.5 Å². The lowest BCUT2D eigenvalue weighted by atomic mass is 9.98. The Balaban J connectivity index is 1.53. The number of allylic oxidation sites excluding steroid dienone is 1. The fraction of sp³-hybridized carbons (Fsp3) is 0.273. The van der Waals surface area contributed by atoms with Crippen molar-refractivity contribution in [2.75, 3.05) is 13.1 Å². The summed E-state index contributed by atoms with van der Waals surface area (Å²) < 4.78 is 0. The first-order chi connectivity index (χ1) is 12.5. The van der Waals surface area contributed by atoms with E-state index in [4.69, 9.17) is 10.7 Å². The van der Waals surface area contributed by atoms with Gasteiger partial charge in [-0.05, 0) is 54.2 Å². The molecule has 4 rings (SSSR count). The van der Waals surface area contributed by atoms with Gasteiger partial charge in [0.05, 0.1) is 18.2 Å². The standard InChI is InChI=1S/C22H23N3O/c1-14-3-4-18(11-15(14)2)16-5-7-17(8-6-16)20-13-25-12-19(22(23)26)9-10-21(25)24-20/h3-8,10-11,19H,9,12-13H2,1-2H3,(H2,23,26). The van der Waals surface area contributed by atoms with Crippen LogP contribution in [-0.4, -0.2) is 29.6 Å². The number of nitrogens with zero attached hydrogens (tertiary/aromatic N) is 2. The van der Waals surface area contributed by atoms with Crippen LogP contribution < -0.4 is 5.73 Å². The number of rotatable bonds is 3. The summed E-state index contributed by atoms with van der Waals surface area (Å²) in [7, 11) is 0. The van der Waals surface area contributed by atoms with Gasteiger partial charge in [0.25, 0.3) is 0 Å². The fourth-order valence-corrected chi connectivity index (χ4v) is 3.57. The lowest BCUT2D eigenvalue weighted by molar-refractivity contribution is -0.122. The molecule has 132 valence electrons. The smallest absolute Gasteiger partial charge is 0.222 e. The van der Waals surface area contributed by atoms with E-state index in [9.17, 15) is 4.79 Å². The van der Waals surface area contributed by atoms with Crippen LogP contribution in [0.5, 0.6) is 0 Å². The van der Waals surface area contributed by atoms with Gasteiger partial charge in [0, 0.05) is 6.54 Å². The summed E-state index contributed by atoms with van der Waals surface area (Å²) in [5, 5.41) is 0. The quantitative estimate of drug-likeness (QED) is 0.926. The van der Waals surface area contributed by atoms with Gasteiger partial charge < -0.3 is 10.6 Å². The Bertz CT molecular complexity index is 925. The second-order valence-electron chi connectivity index (χ2n) is 7.21. The molecule has 1 unspecified atom stereocenters. The van der Waals surface area contributed by atoms with Crippen LogP contribution in [0.15, 0.2) is 59.4 Å². The molecule has 4 nitrogen and oxygen atoms in total. The van der Waals surface area contributed by atoms with Gasteiger partial charge in [-0.3, -0.25) is 4.79 Å². The van der Waals surface area contributed by atoms with E-state index in [0.29, 0.717) is 13.0 Å². The minimum Gasteiger partial charge on any atom is -0.369 e. The predicted octanol–water partition coefficient (Wildman–Crippen LogP) is 3.42. The summed E-state index contributed by atoms with van der Waals surface area (Å²) >= 11 is 0. The third kappa shape index (κ3) is 3.03. The van der Waals surface area contributed by atoms with Crippen molar-refractivity contribution in [3.63, 3.8) is 0 Å². The molecule has 0 fully saturated rings. The van der Waals surface area contributed by atoms with E-state index in [1.807, 2.05) is 6.08 Å². The molecule has 1 atom stereocenters. The lowest BCUT2D eigenvalue weighted by Gasteiger charge is -2.27. The maximum Gasteiger partial charge on any atom is 0.222 e. The topological polar surface area (TPSA) is 58.7 Å². The maximum atomic E-state index is 11.4. The average Bonchev–Trinajstić information content (AvgIpc) is 3.07. The normalized spacial score (nSPS) is 19.0. The van der Waals surface area contributed by atoms with Gasteiger partial charge in [-0.2, -0.15) is 0 Å². The van der Waals surface area contributed by atoms with E-state index in [1.165, 1.54) is 22.3 Å². The second-order valence-corrected chi connectivity index (χ2v) is 7.21. The molecular formula is C22H23N3O. The number of hydrogen-bond acceptors (Lipinski definition) is 3. The summed E-state index contributed by atoms with van der Waals surface area (Å²) in [6.45, 7) is 5.67. The summed E-state index contributed by atoms with van der Waals surface area (Å²) in [6, 6.07) is 15.1. The Labute approximate surface area is 154 Å². The molecule has 4 heteroatoms. The number of carbonyl (C=O) groups excluding carboxylic acids is 1. The number of nitrogens with two attached hydrogens (primary N) is 1. The highest BCUT2D eigenvalue weighted by Gasteiger charge is 2.29. The van der Waals surface area contributed by atoms with Crippen LogP contribution in [-0.2, 0) is 4.79 Å². The largest absolute Gasteiger partial charge is 0.369 e. The molecular weight excluding hydrogens is 322 g/mol. The lowest BCUT2D eigenvalue weighted by Crippen LogP contribution is -2.37. The van der Waals surface area contributed by atoms with Crippen molar-refractivity contribution in [3.8, 4) is 11.1 Å². The van der Waals surface area contributed by atoms with E-state index in [2.05, 4.69) is 61.2 Å². The first-order valence-electron chi connectivity index (χ1n) is 9.01. The van der Waals surface area contributed by atoms with E-state index in [0.717, 1.165) is 23.6 Å². The van der Waals surface area contributed by atoms with Crippen molar-refractivity contribution in [1.82, 2.24) is 4.90 Å². The highest BCUT2D eigenvalue weighted by Crippen LogP contribution is 2.28. The van der Waals surface area contributed by atoms with Crippen LogP contribution >= 0.6 is 0 Å². The van der Waals surface area contributed by atoms with E-state index < -0.39 is 0 Å². The number of primary amides is 1. The van der Waals surface area contributed by atoms with Crippen LogP contribution in [0.4, 0.5) is 0 Å². The summed E-state index contributed by atoms with van der Waals surface area (Å²) in [4.78, 5) is 18.3. The van der Waals surface area contributed by atoms with Crippen LogP contribution in [0.2, 0.25) is 0 Å². The van der Waals surface area contributed by atoms with Crippen LogP contribution in [0, 0.1) is 19.8 Å².